The lowest BCUT2D eigenvalue weighted by Gasteiger charge is -2.31. The summed E-state index contributed by atoms with van der Waals surface area (Å²) in [5.74, 6) is 2.03. The van der Waals surface area contributed by atoms with Crippen LogP contribution in [-0.4, -0.2) is 44.0 Å². The van der Waals surface area contributed by atoms with E-state index in [4.69, 9.17) is 16.0 Å². The molecule has 1 fully saturated rings. The van der Waals surface area contributed by atoms with Crippen molar-refractivity contribution in [3.63, 3.8) is 0 Å². The van der Waals surface area contributed by atoms with Crippen molar-refractivity contribution < 1.29 is 17.6 Å². The Kier molecular flexibility index (Phi) is 7.45. The Bertz CT molecular complexity index is 870. The van der Waals surface area contributed by atoms with Gasteiger partial charge in [-0.05, 0) is 49.2 Å². The zero-order valence-corrected chi connectivity index (χ0v) is 17.7. The lowest BCUT2D eigenvalue weighted by molar-refractivity contribution is -0.125. The van der Waals surface area contributed by atoms with Crippen LogP contribution >= 0.6 is 23.4 Å². The summed E-state index contributed by atoms with van der Waals surface area (Å²) in [5, 5.41) is 3.41. The summed E-state index contributed by atoms with van der Waals surface area (Å²) in [7, 11) is -3.62. The van der Waals surface area contributed by atoms with E-state index in [1.807, 2.05) is 12.1 Å². The molecule has 1 amide bonds. The van der Waals surface area contributed by atoms with E-state index in [1.54, 1.807) is 30.2 Å². The maximum absolute atomic E-state index is 12.8. The summed E-state index contributed by atoms with van der Waals surface area (Å²) < 4.78 is 32.3. The fraction of sp³-hybridized carbons (Fsp3) is 0.421. The van der Waals surface area contributed by atoms with E-state index in [0.717, 1.165) is 17.3 Å². The molecule has 1 saturated heterocycles. The average molecular weight is 443 g/mol. The van der Waals surface area contributed by atoms with Crippen molar-refractivity contribution in [1.82, 2.24) is 9.62 Å². The number of hydrogen-bond acceptors (Lipinski definition) is 5. The molecule has 0 bridgehead atoms. The van der Waals surface area contributed by atoms with Crippen LogP contribution in [-0.2, 0) is 20.6 Å². The van der Waals surface area contributed by atoms with E-state index in [-0.39, 0.29) is 23.3 Å². The van der Waals surface area contributed by atoms with Gasteiger partial charge in [0.05, 0.1) is 22.8 Å². The number of benzene rings is 1. The molecule has 152 valence electrons. The first-order chi connectivity index (χ1) is 13.5. The molecule has 1 aromatic carbocycles. The molecule has 2 aromatic rings. The minimum Gasteiger partial charge on any atom is -0.468 e. The molecule has 2 heterocycles. The van der Waals surface area contributed by atoms with E-state index in [9.17, 15) is 13.2 Å². The van der Waals surface area contributed by atoms with E-state index >= 15 is 0 Å². The zero-order chi connectivity index (χ0) is 20.0. The van der Waals surface area contributed by atoms with Crippen LogP contribution in [0.4, 0.5) is 0 Å². The summed E-state index contributed by atoms with van der Waals surface area (Å²) in [4.78, 5) is 12.7. The standard InChI is InChI=1S/C19H23ClN2O4S2/c20-16-5-7-18(8-6-16)28(24,25)22-10-1-3-15(13-22)19(23)21-9-12-27-14-17-4-2-11-26-17/h2,4-8,11,15H,1,3,9-10,12-14H2,(H,21,23). The topological polar surface area (TPSA) is 79.6 Å². The number of amides is 1. The first-order valence-corrected chi connectivity index (χ1v) is 12.1. The molecule has 1 atom stereocenters. The van der Waals surface area contributed by atoms with Gasteiger partial charge in [-0.3, -0.25) is 4.79 Å². The molecule has 0 spiro atoms. The maximum atomic E-state index is 12.8. The summed E-state index contributed by atoms with van der Waals surface area (Å²) >= 11 is 7.52. The SMILES string of the molecule is O=C(NCCSCc1ccco1)C1CCCN(S(=O)(=O)c2ccc(Cl)cc2)C1. The molecule has 6 nitrogen and oxygen atoms in total. The number of nitrogens with one attached hydrogen (secondary N) is 1. The quantitative estimate of drug-likeness (QED) is 0.634. The molecular formula is C19H23ClN2O4S2. The van der Waals surface area contributed by atoms with Crippen LogP contribution in [0.15, 0.2) is 52.0 Å². The van der Waals surface area contributed by atoms with E-state index in [1.165, 1.54) is 16.4 Å². The number of carbonyl (C=O) groups excluding carboxylic acids is 1. The minimum atomic E-state index is -3.62. The monoisotopic (exact) mass is 442 g/mol. The predicted molar refractivity (Wildman–Crippen MR) is 111 cm³/mol. The number of rotatable bonds is 8. The Labute approximate surface area is 174 Å². The molecule has 1 N–H and O–H groups in total. The molecule has 0 aliphatic carbocycles. The van der Waals surface area contributed by atoms with Crippen molar-refractivity contribution in [3.05, 3.63) is 53.4 Å². The molecule has 1 unspecified atom stereocenters. The van der Waals surface area contributed by atoms with Gasteiger partial charge in [0.2, 0.25) is 15.9 Å². The van der Waals surface area contributed by atoms with Gasteiger partial charge in [-0.15, -0.1) is 0 Å². The highest BCUT2D eigenvalue weighted by atomic mass is 35.5. The van der Waals surface area contributed by atoms with Crippen LogP contribution in [0.1, 0.15) is 18.6 Å². The van der Waals surface area contributed by atoms with Crippen LogP contribution in [0.2, 0.25) is 5.02 Å². The number of furan rings is 1. The third-order valence-corrected chi connectivity index (χ3v) is 7.69. The fourth-order valence-electron chi connectivity index (χ4n) is 3.09. The average Bonchev–Trinajstić information content (AvgIpc) is 3.21. The molecule has 28 heavy (non-hydrogen) atoms. The van der Waals surface area contributed by atoms with Gasteiger partial charge < -0.3 is 9.73 Å². The molecular weight excluding hydrogens is 420 g/mol. The smallest absolute Gasteiger partial charge is 0.243 e. The third-order valence-electron chi connectivity index (χ3n) is 4.58. The lowest BCUT2D eigenvalue weighted by atomic mass is 9.99. The molecule has 0 radical (unpaired) electrons. The molecule has 1 aliphatic rings. The Balaban J connectivity index is 1.48. The molecule has 9 heteroatoms. The van der Waals surface area contributed by atoms with Crippen molar-refractivity contribution in [3.8, 4) is 0 Å². The van der Waals surface area contributed by atoms with Crippen LogP contribution in [0.3, 0.4) is 0 Å². The zero-order valence-electron chi connectivity index (χ0n) is 15.3. The molecule has 3 rings (SSSR count). The Hall–Kier alpha value is -1.48. The highest BCUT2D eigenvalue weighted by Crippen LogP contribution is 2.25. The lowest BCUT2D eigenvalue weighted by Crippen LogP contribution is -2.45. The van der Waals surface area contributed by atoms with Gasteiger partial charge in [0.25, 0.3) is 0 Å². The number of halogens is 1. The number of carbonyl (C=O) groups is 1. The van der Waals surface area contributed by atoms with Crippen molar-refractivity contribution in [2.24, 2.45) is 5.92 Å². The van der Waals surface area contributed by atoms with Gasteiger partial charge in [0.1, 0.15) is 5.76 Å². The van der Waals surface area contributed by atoms with Crippen molar-refractivity contribution >= 4 is 39.3 Å². The normalized spacial score (nSPS) is 18.1. The van der Waals surface area contributed by atoms with Crippen LogP contribution in [0.25, 0.3) is 0 Å². The Morgan fingerprint density at radius 2 is 2.07 bits per heavy atom. The summed E-state index contributed by atoms with van der Waals surface area (Å²) in [6.07, 6.45) is 3.00. The Morgan fingerprint density at radius 1 is 1.29 bits per heavy atom. The number of hydrogen-bond donors (Lipinski definition) is 1. The first kappa shape index (κ1) is 21.2. The number of sulfonamides is 1. The fourth-order valence-corrected chi connectivity index (χ4v) is 5.49. The largest absolute Gasteiger partial charge is 0.468 e. The second kappa shape index (κ2) is 9.82. The number of piperidine rings is 1. The van der Waals surface area contributed by atoms with Gasteiger partial charge >= 0.3 is 0 Å². The molecule has 1 aromatic heterocycles. The van der Waals surface area contributed by atoms with Crippen LogP contribution < -0.4 is 5.32 Å². The van der Waals surface area contributed by atoms with Gasteiger partial charge in [-0.2, -0.15) is 16.1 Å². The highest BCUT2D eigenvalue weighted by Gasteiger charge is 2.33. The van der Waals surface area contributed by atoms with Gasteiger partial charge in [0.15, 0.2) is 0 Å². The summed E-state index contributed by atoms with van der Waals surface area (Å²) in [5.41, 5.74) is 0. The highest BCUT2D eigenvalue weighted by molar-refractivity contribution is 7.98. The Morgan fingerprint density at radius 3 is 2.79 bits per heavy atom. The van der Waals surface area contributed by atoms with E-state index in [0.29, 0.717) is 31.0 Å². The van der Waals surface area contributed by atoms with Crippen molar-refractivity contribution in [1.29, 1.82) is 0 Å². The van der Waals surface area contributed by atoms with Crippen LogP contribution in [0, 0.1) is 5.92 Å². The molecule has 1 aliphatic heterocycles. The van der Waals surface area contributed by atoms with Gasteiger partial charge in [-0.1, -0.05) is 11.6 Å². The van der Waals surface area contributed by atoms with Crippen molar-refractivity contribution in [2.45, 2.75) is 23.5 Å². The molecule has 0 saturated carbocycles. The second-order valence-electron chi connectivity index (χ2n) is 6.58. The number of nitrogens with zero attached hydrogens (tertiary/aromatic N) is 1. The third kappa shape index (κ3) is 5.53. The van der Waals surface area contributed by atoms with Gasteiger partial charge in [0, 0.05) is 30.4 Å². The first-order valence-electron chi connectivity index (χ1n) is 9.10. The van der Waals surface area contributed by atoms with Gasteiger partial charge in [-0.25, -0.2) is 8.42 Å². The van der Waals surface area contributed by atoms with Crippen molar-refractivity contribution in [2.75, 3.05) is 25.4 Å². The second-order valence-corrected chi connectivity index (χ2v) is 10.1. The van der Waals surface area contributed by atoms with E-state index < -0.39 is 10.0 Å². The van der Waals surface area contributed by atoms with E-state index in [2.05, 4.69) is 5.32 Å². The predicted octanol–water partition coefficient (Wildman–Crippen LogP) is 3.38. The number of thioether (sulfide) groups is 1. The summed E-state index contributed by atoms with van der Waals surface area (Å²) in [6, 6.07) is 9.88. The maximum Gasteiger partial charge on any atom is 0.243 e. The summed E-state index contributed by atoms with van der Waals surface area (Å²) in [6.45, 7) is 1.18. The minimum absolute atomic E-state index is 0.0883. The van der Waals surface area contributed by atoms with Crippen LogP contribution in [0.5, 0.6) is 0 Å².